The quantitative estimate of drug-likeness (QED) is 0.902. The van der Waals surface area contributed by atoms with E-state index in [1.165, 1.54) is 11.1 Å². The number of hydrogen-bond acceptors (Lipinski definition) is 2. The molecule has 0 radical (unpaired) electrons. The summed E-state index contributed by atoms with van der Waals surface area (Å²) in [5, 5.41) is 0. The van der Waals surface area contributed by atoms with Gasteiger partial charge in [0.2, 0.25) is 0 Å². The highest BCUT2D eigenvalue weighted by molar-refractivity contribution is 5.27. The number of pyridine rings is 1. The first-order valence-electron chi connectivity index (χ1n) is 6.83. The first-order chi connectivity index (χ1) is 9.06. The fraction of sp³-hybridized carbons (Fsp3) is 0.353. The Bertz CT molecular complexity index is 529. The Labute approximate surface area is 115 Å². The largest absolute Gasteiger partial charge is 0.324 e. The fourth-order valence-electron chi connectivity index (χ4n) is 2.21. The van der Waals surface area contributed by atoms with Crippen molar-refractivity contribution < 1.29 is 0 Å². The Morgan fingerprint density at radius 1 is 1.05 bits per heavy atom. The molecule has 100 valence electrons. The first-order valence-corrected chi connectivity index (χ1v) is 6.83. The van der Waals surface area contributed by atoms with Crippen LogP contribution in [0.25, 0.3) is 0 Å². The summed E-state index contributed by atoms with van der Waals surface area (Å²) in [4.78, 5) is 4.20. The van der Waals surface area contributed by atoms with Gasteiger partial charge in [-0.15, -0.1) is 0 Å². The third kappa shape index (κ3) is 3.65. The number of hydrogen-bond donors (Lipinski definition) is 1. The molecule has 1 aromatic heterocycles. The second-order valence-corrected chi connectivity index (χ2v) is 5.44. The van der Waals surface area contributed by atoms with Gasteiger partial charge in [-0.3, -0.25) is 4.98 Å². The number of aromatic nitrogens is 1. The highest BCUT2D eigenvalue weighted by atomic mass is 14.7. The summed E-state index contributed by atoms with van der Waals surface area (Å²) >= 11 is 0. The van der Waals surface area contributed by atoms with Gasteiger partial charge in [0.15, 0.2) is 0 Å². The van der Waals surface area contributed by atoms with Crippen molar-refractivity contribution in [1.29, 1.82) is 0 Å². The van der Waals surface area contributed by atoms with E-state index >= 15 is 0 Å². The lowest BCUT2D eigenvalue weighted by atomic mass is 9.97. The molecule has 0 saturated carbocycles. The molecule has 0 aliphatic heterocycles. The van der Waals surface area contributed by atoms with Crippen LogP contribution in [0.4, 0.5) is 0 Å². The summed E-state index contributed by atoms with van der Waals surface area (Å²) in [6, 6.07) is 12.9. The van der Waals surface area contributed by atoms with E-state index in [1.54, 1.807) is 0 Å². The van der Waals surface area contributed by atoms with Crippen LogP contribution in [0.1, 0.15) is 48.2 Å². The van der Waals surface area contributed by atoms with E-state index in [1.807, 2.05) is 19.2 Å². The molecule has 1 atom stereocenters. The number of nitrogens with zero attached hydrogens (tertiary/aromatic N) is 1. The van der Waals surface area contributed by atoms with Gasteiger partial charge in [0, 0.05) is 17.9 Å². The van der Waals surface area contributed by atoms with Crippen LogP contribution in [0.15, 0.2) is 42.6 Å². The second-order valence-electron chi connectivity index (χ2n) is 5.44. The number of aryl methyl sites for hydroxylation is 1. The van der Waals surface area contributed by atoms with Crippen LogP contribution in [-0.4, -0.2) is 4.98 Å². The van der Waals surface area contributed by atoms with E-state index in [9.17, 15) is 0 Å². The summed E-state index contributed by atoms with van der Waals surface area (Å²) in [6.07, 6.45) is 2.69. The molecule has 0 fully saturated rings. The predicted octanol–water partition coefficient (Wildman–Crippen LogP) is 3.76. The number of nitrogens with two attached hydrogens (primary N) is 1. The van der Waals surface area contributed by atoms with E-state index in [-0.39, 0.29) is 6.04 Å². The van der Waals surface area contributed by atoms with Crippen molar-refractivity contribution >= 4 is 0 Å². The average molecular weight is 254 g/mol. The van der Waals surface area contributed by atoms with Crippen molar-refractivity contribution in [3.63, 3.8) is 0 Å². The molecule has 2 rings (SSSR count). The third-order valence-electron chi connectivity index (χ3n) is 3.45. The van der Waals surface area contributed by atoms with Crippen molar-refractivity contribution in [2.24, 2.45) is 5.73 Å². The monoisotopic (exact) mass is 254 g/mol. The van der Waals surface area contributed by atoms with Crippen LogP contribution in [0.5, 0.6) is 0 Å². The maximum absolute atomic E-state index is 6.27. The zero-order chi connectivity index (χ0) is 13.8. The van der Waals surface area contributed by atoms with Gasteiger partial charge in [-0.05, 0) is 48.1 Å². The highest BCUT2D eigenvalue weighted by Gasteiger charge is 2.08. The van der Waals surface area contributed by atoms with Crippen molar-refractivity contribution in [3.8, 4) is 0 Å². The average Bonchev–Trinajstić information content (AvgIpc) is 2.39. The topological polar surface area (TPSA) is 38.9 Å². The highest BCUT2D eigenvalue weighted by Crippen LogP contribution is 2.19. The minimum Gasteiger partial charge on any atom is -0.324 e. The van der Waals surface area contributed by atoms with Crippen LogP contribution in [0, 0.1) is 6.92 Å². The van der Waals surface area contributed by atoms with Crippen LogP contribution >= 0.6 is 0 Å². The van der Waals surface area contributed by atoms with E-state index in [0.717, 1.165) is 17.7 Å². The lowest BCUT2D eigenvalue weighted by Crippen LogP contribution is -2.13. The Hall–Kier alpha value is -1.67. The molecule has 1 heterocycles. The molecular formula is C17H22N2. The van der Waals surface area contributed by atoms with Crippen LogP contribution in [0.3, 0.4) is 0 Å². The van der Waals surface area contributed by atoms with Gasteiger partial charge >= 0.3 is 0 Å². The van der Waals surface area contributed by atoms with Crippen LogP contribution in [0.2, 0.25) is 0 Å². The van der Waals surface area contributed by atoms with Crippen molar-refractivity contribution in [2.45, 2.75) is 39.2 Å². The lowest BCUT2D eigenvalue weighted by Gasteiger charge is -2.13. The normalized spacial score (nSPS) is 12.7. The summed E-state index contributed by atoms with van der Waals surface area (Å²) in [7, 11) is 0. The maximum Gasteiger partial charge on any atom is 0.0375 e. The number of rotatable bonds is 4. The van der Waals surface area contributed by atoms with Crippen molar-refractivity contribution in [1.82, 2.24) is 4.98 Å². The van der Waals surface area contributed by atoms with E-state index in [4.69, 9.17) is 5.73 Å². The SMILES string of the molecule is Cc1cc(C(N)Cc2ccc(C(C)C)cc2)ccn1. The molecule has 0 amide bonds. The molecule has 2 nitrogen and oxygen atoms in total. The second kappa shape index (κ2) is 5.98. The molecule has 0 bridgehead atoms. The zero-order valence-corrected chi connectivity index (χ0v) is 11.9. The fourth-order valence-corrected chi connectivity index (χ4v) is 2.21. The molecule has 0 aliphatic rings. The molecule has 2 heteroatoms. The molecule has 19 heavy (non-hydrogen) atoms. The lowest BCUT2D eigenvalue weighted by molar-refractivity contribution is 0.718. The van der Waals surface area contributed by atoms with Gasteiger partial charge < -0.3 is 5.73 Å². The molecule has 0 saturated heterocycles. The van der Waals surface area contributed by atoms with Crippen LogP contribution < -0.4 is 5.73 Å². The van der Waals surface area contributed by atoms with Gasteiger partial charge in [0.05, 0.1) is 0 Å². The Morgan fingerprint density at radius 3 is 2.32 bits per heavy atom. The third-order valence-corrected chi connectivity index (χ3v) is 3.45. The summed E-state index contributed by atoms with van der Waals surface area (Å²) in [6.45, 7) is 6.41. The summed E-state index contributed by atoms with van der Waals surface area (Å²) in [5.74, 6) is 0.575. The van der Waals surface area contributed by atoms with Gasteiger partial charge in [-0.25, -0.2) is 0 Å². The first kappa shape index (κ1) is 13.8. The molecule has 2 aromatic rings. The molecule has 0 spiro atoms. The Morgan fingerprint density at radius 2 is 1.74 bits per heavy atom. The van der Waals surface area contributed by atoms with Crippen LogP contribution in [-0.2, 0) is 6.42 Å². The predicted molar refractivity (Wildman–Crippen MR) is 80.1 cm³/mol. The minimum atomic E-state index is 0.0339. The number of benzene rings is 1. The maximum atomic E-state index is 6.27. The summed E-state index contributed by atoms with van der Waals surface area (Å²) < 4.78 is 0. The minimum absolute atomic E-state index is 0.0339. The standard InChI is InChI=1S/C17H22N2/c1-12(2)15-6-4-14(5-7-15)11-17(18)16-8-9-19-13(3)10-16/h4-10,12,17H,11,18H2,1-3H3. The molecular weight excluding hydrogens is 232 g/mol. The Kier molecular flexibility index (Phi) is 4.33. The van der Waals surface area contributed by atoms with Gasteiger partial charge in [0.25, 0.3) is 0 Å². The molecule has 2 N–H and O–H groups in total. The van der Waals surface area contributed by atoms with Gasteiger partial charge in [-0.1, -0.05) is 38.1 Å². The molecule has 1 unspecified atom stereocenters. The molecule has 1 aromatic carbocycles. The van der Waals surface area contributed by atoms with E-state index < -0.39 is 0 Å². The van der Waals surface area contributed by atoms with Crippen molar-refractivity contribution in [2.75, 3.05) is 0 Å². The van der Waals surface area contributed by atoms with Crippen molar-refractivity contribution in [3.05, 3.63) is 65.0 Å². The summed E-state index contributed by atoms with van der Waals surface area (Å²) in [5.41, 5.74) is 11.1. The van der Waals surface area contributed by atoms with Gasteiger partial charge in [-0.2, -0.15) is 0 Å². The van der Waals surface area contributed by atoms with Gasteiger partial charge in [0.1, 0.15) is 0 Å². The molecule has 0 aliphatic carbocycles. The Balaban J connectivity index is 2.08. The van der Waals surface area contributed by atoms with E-state index in [0.29, 0.717) is 5.92 Å². The zero-order valence-electron chi connectivity index (χ0n) is 11.9. The smallest absolute Gasteiger partial charge is 0.0375 e. The van der Waals surface area contributed by atoms with E-state index in [2.05, 4.69) is 49.2 Å².